The number of ether oxygens (including phenoxy) is 2. The summed E-state index contributed by atoms with van der Waals surface area (Å²) in [6.45, 7) is -3.56. The van der Waals surface area contributed by atoms with Crippen LogP contribution in [0, 0.1) is 23.3 Å². The van der Waals surface area contributed by atoms with E-state index in [0.29, 0.717) is 11.3 Å². The van der Waals surface area contributed by atoms with E-state index in [9.17, 15) is 31.1 Å². The van der Waals surface area contributed by atoms with Gasteiger partial charge in [-0.25, -0.2) is 13.8 Å². The molecule has 0 aliphatic carbocycles. The third-order valence-electron chi connectivity index (χ3n) is 4.42. The molecule has 2 aromatic carbocycles. The van der Waals surface area contributed by atoms with Gasteiger partial charge in [-0.05, 0) is 36.4 Å². The zero-order valence-corrected chi connectivity index (χ0v) is 18.0. The lowest BCUT2D eigenvalue weighted by molar-refractivity contribution is -0.0498. The monoisotopic (exact) mass is 514 g/mol. The molecular formula is C22H12F6N2O4S. The van der Waals surface area contributed by atoms with Gasteiger partial charge in [0.25, 0.3) is 5.91 Å². The fourth-order valence-corrected chi connectivity index (χ4v) is 3.54. The van der Waals surface area contributed by atoms with Crippen molar-refractivity contribution in [3.8, 4) is 22.8 Å². The number of thiazole rings is 1. The van der Waals surface area contributed by atoms with Gasteiger partial charge in [0.2, 0.25) is 11.6 Å². The number of nitrogens with zero attached hydrogens (tertiary/aromatic N) is 1. The molecule has 0 bridgehead atoms. The minimum Gasteiger partial charge on any atom is -0.479 e. The summed E-state index contributed by atoms with van der Waals surface area (Å²) < 4.78 is 92.7. The second kappa shape index (κ2) is 10.1. The minimum absolute atomic E-state index is 0.0156. The molecule has 1 amide bonds. The first-order chi connectivity index (χ1) is 16.7. The smallest absolute Gasteiger partial charge is 0.387 e. The largest absolute Gasteiger partial charge is 0.479 e. The quantitative estimate of drug-likeness (QED) is 0.218. The van der Waals surface area contributed by atoms with Crippen molar-refractivity contribution < 1.29 is 45.0 Å². The fraction of sp³-hybridized carbons (Fsp3) is 0.0909. The molecule has 182 valence electrons. The number of rotatable bonds is 8. The van der Waals surface area contributed by atoms with Gasteiger partial charge in [-0.15, -0.1) is 11.3 Å². The molecule has 0 aliphatic heterocycles. The topological polar surface area (TPSA) is 73.6 Å². The maximum atomic E-state index is 13.7. The van der Waals surface area contributed by atoms with Crippen molar-refractivity contribution in [2.45, 2.75) is 13.2 Å². The van der Waals surface area contributed by atoms with Gasteiger partial charge in [-0.1, -0.05) is 0 Å². The molecule has 2 heterocycles. The molecule has 35 heavy (non-hydrogen) atoms. The summed E-state index contributed by atoms with van der Waals surface area (Å²) >= 11 is 1.09. The number of anilines is 1. The van der Waals surface area contributed by atoms with Crippen molar-refractivity contribution >= 4 is 22.4 Å². The first kappa shape index (κ1) is 24.1. The van der Waals surface area contributed by atoms with Gasteiger partial charge in [-0.2, -0.15) is 17.6 Å². The molecule has 1 N–H and O–H groups in total. The first-order valence-electron chi connectivity index (χ1n) is 9.58. The summed E-state index contributed by atoms with van der Waals surface area (Å²) in [5, 5.41) is 4.32. The van der Waals surface area contributed by atoms with Crippen molar-refractivity contribution in [3.05, 3.63) is 82.6 Å². The Morgan fingerprint density at radius 1 is 1.03 bits per heavy atom. The second-order valence-corrected chi connectivity index (χ2v) is 7.60. The standard InChI is InChI=1S/C22H12F6N2O4S/c23-13-7-14(24)18(26)19(17(13)25)32-8-12-5-6-16(33-12)20(31)30-22-29-15(9-35-22)10-1-3-11(4-2-10)34-21(27)28/h1-7,9,21H,8H2,(H,29,30,31). The first-order valence-corrected chi connectivity index (χ1v) is 10.5. The Bertz CT molecular complexity index is 1330. The average molecular weight is 514 g/mol. The lowest BCUT2D eigenvalue weighted by Crippen LogP contribution is -2.10. The van der Waals surface area contributed by atoms with Crippen LogP contribution in [-0.2, 0) is 6.61 Å². The van der Waals surface area contributed by atoms with Crippen molar-refractivity contribution in [2.24, 2.45) is 0 Å². The van der Waals surface area contributed by atoms with Gasteiger partial charge in [0.05, 0.1) is 5.69 Å². The van der Waals surface area contributed by atoms with Crippen LogP contribution in [0.15, 0.2) is 52.3 Å². The molecule has 0 atom stereocenters. The highest BCUT2D eigenvalue weighted by Crippen LogP contribution is 2.29. The van der Waals surface area contributed by atoms with Crippen molar-refractivity contribution in [3.63, 3.8) is 0 Å². The molecule has 0 fully saturated rings. The second-order valence-electron chi connectivity index (χ2n) is 6.75. The van der Waals surface area contributed by atoms with Crippen LogP contribution in [0.3, 0.4) is 0 Å². The molecule has 0 saturated carbocycles. The van der Waals surface area contributed by atoms with E-state index in [-0.39, 0.29) is 28.5 Å². The van der Waals surface area contributed by atoms with Gasteiger partial charge >= 0.3 is 6.61 Å². The number of carbonyl (C=O) groups is 1. The Labute approximate surface area is 196 Å². The van der Waals surface area contributed by atoms with Crippen LogP contribution in [0.2, 0.25) is 0 Å². The molecule has 4 rings (SSSR count). The number of carbonyl (C=O) groups excluding carboxylic acids is 1. The number of aromatic nitrogens is 1. The summed E-state index contributed by atoms with van der Waals surface area (Å²) in [4.78, 5) is 16.6. The zero-order chi connectivity index (χ0) is 25.1. The molecule has 0 radical (unpaired) electrons. The molecule has 0 unspecified atom stereocenters. The number of hydrogen-bond acceptors (Lipinski definition) is 6. The zero-order valence-electron chi connectivity index (χ0n) is 17.2. The third-order valence-corrected chi connectivity index (χ3v) is 5.17. The van der Waals surface area contributed by atoms with Crippen LogP contribution >= 0.6 is 11.3 Å². The van der Waals surface area contributed by atoms with Crippen LogP contribution in [0.5, 0.6) is 11.5 Å². The number of alkyl halides is 2. The van der Waals surface area contributed by atoms with Crippen molar-refractivity contribution in [1.82, 2.24) is 4.98 Å². The minimum atomic E-state index is -2.94. The number of amides is 1. The van der Waals surface area contributed by atoms with E-state index in [1.807, 2.05) is 0 Å². The van der Waals surface area contributed by atoms with Gasteiger partial charge in [0, 0.05) is 17.0 Å². The Kier molecular flexibility index (Phi) is 6.96. The average Bonchev–Trinajstić information content (AvgIpc) is 3.48. The number of nitrogens with one attached hydrogen (secondary N) is 1. The number of furan rings is 1. The fourth-order valence-electron chi connectivity index (χ4n) is 2.83. The molecule has 0 aliphatic rings. The van der Waals surface area contributed by atoms with Crippen LogP contribution in [-0.4, -0.2) is 17.5 Å². The predicted octanol–water partition coefficient (Wildman–Crippen LogP) is 6.39. The van der Waals surface area contributed by atoms with Gasteiger partial charge in [-0.3, -0.25) is 10.1 Å². The van der Waals surface area contributed by atoms with E-state index >= 15 is 0 Å². The molecule has 0 spiro atoms. The summed E-state index contributed by atoms with van der Waals surface area (Å²) in [7, 11) is 0. The molecule has 13 heteroatoms. The molecule has 4 aromatic rings. The van der Waals surface area contributed by atoms with Crippen LogP contribution in [0.1, 0.15) is 16.3 Å². The maximum Gasteiger partial charge on any atom is 0.387 e. The summed E-state index contributed by atoms with van der Waals surface area (Å²) in [5.41, 5.74) is 1.06. The van der Waals surface area contributed by atoms with Gasteiger partial charge < -0.3 is 13.9 Å². The maximum absolute atomic E-state index is 13.7. The van der Waals surface area contributed by atoms with E-state index in [1.54, 1.807) is 5.38 Å². The van der Waals surface area contributed by atoms with Crippen LogP contribution in [0.25, 0.3) is 11.3 Å². The Morgan fingerprint density at radius 3 is 2.37 bits per heavy atom. The van der Waals surface area contributed by atoms with Crippen molar-refractivity contribution in [2.75, 3.05) is 5.32 Å². The van der Waals surface area contributed by atoms with E-state index in [4.69, 9.17) is 9.15 Å². The van der Waals surface area contributed by atoms with E-state index < -0.39 is 48.1 Å². The highest BCUT2D eigenvalue weighted by atomic mass is 32.1. The highest BCUT2D eigenvalue weighted by molar-refractivity contribution is 7.14. The number of halogens is 6. The van der Waals surface area contributed by atoms with Crippen LogP contribution in [0.4, 0.5) is 31.5 Å². The van der Waals surface area contributed by atoms with Crippen LogP contribution < -0.4 is 14.8 Å². The molecule has 6 nitrogen and oxygen atoms in total. The lowest BCUT2D eigenvalue weighted by atomic mass is 10.2. The number of hydrogen-bond donors (Lipinski definition) is 1. The van der Waals surface area contributed by atoms with E-state index in [2.05, 4.69) is 15.0 Å². The van der Waals surface area contributed by atoms with Crippen molar-refractivity contribution in [1.29, 1.82) is 0 Å². The summed E-state index contributed by atoms with van der Waals surface area (Å²) in [5.74, 6) is -8.88. The summed E-state index contributed by atoms with van der Waals surface area (Å²) in [6, 6.07) is 8.32. The summed E-state index contributed by atoms with van der Waals surface area (Å²) in [6.07, 6.45) is 0. The number of benzene rings is 2. The molecule has 2 aromatic heterocycles. The molecule has 0 saturated heterocycles. The SMILES string of the molecule is O=C(Nc1nc(-c2ccc(OC(F)F)cc2)cs1)c1ccc(COc2c(F)c(F)cc(F)c2F)o1. The normalized spacial score (nSPS) is 11.1. The third kappa shape index (κ3) is 5.57. The van der Waals surface area contributed by atoms with Gasteiger partial charge in [0.1, 0.15) is 18.1 Å². The Balaban J connectivity index is 1.38. The molecular weight excluding hydrogens is 502 g/mol. The lowest BCUT2D eigenvalue weighted by Gasteiger charge is -2.08. The van der Waals surface area contributed by atoms with Gasteiger partial charge in [0.15, 0.2) is 28.3 Å². The Morgan fingerprint density at radius 2 is 1.71 bits per heavy atom. The van der Waals surface area contributed by atoms with E-state index in [1.165, 1.54) is 36.4 Å². The van der Waals surface area contributed by atoms with E-state index in [0.717, 1.165) is 11.3 Å². The Hall–Kier alpha value is -4.00. The highest BCUT2D eigenvalue weighted by Gasteiger charge is 2.21. The predicted molar refractivity (Wildman–Crippen MR) is 111 cm³/mol.